The molecule has 0 aliphatic carbocycles. The maximum Gasteiger partial charge on any atom is 1.00 e. The van der Waals surface area contributed by atoms with E-state index in [1.807, 2.05) is 0 Å². The molecule has 2 nitrogen and oxygen atoms in total. The van der Waals surface area contributed by atoms with E-state index in [1.165, 1.54) is 0 Å². The smallest absolute Gasteiger partial charge is 1.00 e. The Kier molecular flexibility index (Phi) is 2420. The van der Waals surface area contributed by atoms with Gasteiger partial charge in [0.1, 0.15) is 0 Å². The molecule has 3 N–H and O–H groups in total. The van der Waals surface area contributed by atoms with E-state index in [0.717, 1.165) is 0 Å². The molecular weight excluding hydrogens is 106 g/mol. The Bertz CT molecular complexity index is 12.8. The fourth-order valence-corrected chi connectivity index (χ4v) is 0. The van der Waals surface area contributed by atoms with Gasteiger partial charge >= 0.3 is 28.4 Å². The second-order valence-corrected chi connectivity index (χ2v) is 0. The molecule has 0 aromatic rings. The minimum Gasteiger partial charge on any atom is 1.00 e. The van der Waals surface area contributed by atoms with E-state index in [1.54, 1.807) is 0 Å². The van der Waals surface area contributed by atoms with Crippen LogP contribution in [0.15, 0.2) is 0 Å². The summed E-state index contributed by atoms with van der Waals surface area (Å²) in [6, 6.07) is 0. The standard InChI is InChI=1S/CO.Cu.H3N/c1-2;;/h;;1H3/q;+1;. The Balaban J connectivity index is -0.00000000500. The molecule has 0 aromatic heterocycles. The van der Waals surface area contributed by atoms with Crippen LogP contribution in [-0.2, 0) is 21.7 Å². The van der Waals surface area contributed by atoms with Crippen molar-refractivity contribution in [2.75, 3.05) is 0 Å². The summed E-state index contributed by atoms with van der Waals surface area (Å²) in [5.74, 6) is 0. The van der Waals surface area contributed by atoms with E-state index in [-0.39, 0.29) is 23.2 Å². The molecular formula is CH3CuNO+. The summed E-state index contributed by atoms with van der Waals surface area (Å²) < 4.78 is 7.50. The van der Waals surface area contributed by atoms with E-state index in [9.17, 15) is 0 Å². The van der Waals surface area contributed by atoms with Crippen LogP contribution in [0.1, 0.15) is 0 Å². The zero-order chi connectivity index (χ0) is 2.00. The molecule has 0 saturated carbocycles. The van der Waals surface area contributed by atoms with Crippen molar-refractivity contribution in [3.63, 3.8) is 0 Å². The maximum atomic E-state index is 7.50. The van der Waals surface area contributed by atoms with Gasteiger partial charge in [-0.2, -0.15) is 0 Å². The molecule has 0 atom stereocenters. The van der Waals surface area contributed by atoms with E-state index < -0.39 is 0 Å². The first-order valence-corrected chi connectivity index (χ1v) is 0.204. The van der Waals surface area contributed by atoms with Crippen LogP contribution in [0.5, 0.6) is 0 Å². The van der Waals surface area contributed by atoms with Gasteiger partial charge in [-0.05, 0) is 0 Å². The molecule has 3 heteroatoms. The Morgan fingerprint density at radius 3 is 1.25 bits per heavy atom. The molecule has 4 heavy (non-hydrogen) atoms. The van der Waals surface area contributed by atoms with Gasteiger partial charge < -0.3 is 6.15 Å². The molecule has 0 bridgehead atoms. The molecule has 0 unspecified atom stereocenters. The normalized spacial score (nSPS) is 0.500. The topological polar surface area (TPSA) is 54.9 Å². The summed E-state index contributed by atoms with van der Waals surface area (Å²) in [6.45, 7) is 4.50. The van der Waals surface area contributed by atoms with E-state index >= 15 is 0 Å². The van der Waals surface area contributed by atoms with Crippen molar-refractivity contribution in [1.82, 2.24) is 6.15 Å². The van der Waals surface area contributed by atoms with Crippen LogP contribution in [0.25, 0.3) is 0 Å². The van der Waals surface area contributed by atoms with Gasteiger partial charge in [-0.3, -0.25) is 0 Å². The molecule has 0 aromatic carbocycles. The predicted molar refractivity (Wildman–Crippen MR) is 8.95 cm³/mol. The Labute approximate surface area is 35.4 Å². The third-order valence-electron chi connectivity index (χ3n) is 0. The van der Waals surface area contributed by atoms with Crippen LogP contribution >= 0.6 is 0 Å². The van der Waals surface area contributed by atoms with Crippen LogP contribution in [0.4, 0.5) is 0 Å². The van der Waals surface area contributed by atoms with Crippen molar-refractivity contribution in [3.05, 3.63) is 6.65 Å². The summed E-state index contributed by atoms with van der Waals surface area (Å²) in [7, 11) is 0. The fraction of sp³-hybridized carbons (Fsp3) is 0. The van der Waals surface area contributed by atoms with Crippen molar-refractivity contribution >= 4 is 0 Å². The van der Waals surface area contributed by atoms with Gasteiger partial charge in [0, 0.05) is 0 Å². The van der Waals surface area contributed by atoms with Crippen molar-refractivity contribution in [1.29, 1.82) is 0 Å². The second-order valence-electron chi connectivity index (χ2n) is 0. The van der Waals surface area contributed by atoms with E-state index in [4.69, 9.17) is 4.65 Å². The van der Waals surface area contributed by atoms with E-state index in [0.29, 0.717) is 0 Å². The minimum absolute atomic E-state index is 0. The summed E-state index contributed by atoms with van der Waals surface area (Å²) in [5, 5.41) is 0. The largest absolute Gasteiger partial charge is 1.00 e. The predicted octanol–water partition coefficient (Wildman–Crippen LogP) is 0.122. The maximum absolute atomic E-state index is 7.50. The molecule has 0 fully saturated rings. The molecule has 0 aliphatic heterocycles. The first kappa shape index (κ1) is 29.4. The number of rotatable bonds is 0. The molecule has 0 amide bonds. The van der Waals surface area contributed by atoms with Gasteiger partial charge in [0.05, 0.1) is 0 Å². The van der Waals surface area contributed by atoms with Gasteiger partial charge in [-0.25, -0.2) is 0 Å². The zero-order valence-corrected chi connectivity index (χ0v) is 2.86. The first-order valence-electron chi connectivity index (χ1n) is 0.204. The van der Waals surface area contributed by atoms with Crippen LogP contribution in [0, 0.1) is 6.65 Å². The SMILES string of the molecule is N.[C-]#[O+].[Cu+]. The van der Waals surface area contributed by atoms with Gasteiger partial charge in [0.25, 0.3) is 0 Å². The van der Waals surface area contributed by atoms with Crippen molar-refractivity contribution in [3.8, 4) is 0 Å². The second kappa shape index (κ2) is 329. The molecule has 0 radical (unpaired) electrons. The summed E-state index contributed by atoms with van der Waals surface area (Å²) in [6.07, 6.45) is 0. The van der Waals surface area contributed by atoms with Crippen LogP contribution in [-0.4, -0.2) is 0 Å². The van der Waals surface area contributed by atoms with E-state index in [2.05, 4.69) is 6.65 Å². The number of hydrogen-bond donors (Lipinski definition) is 1. The summed E-state index contributed by atoms with van der Waals surface area (Å²) in [4.78, 5) is 0. The third kappa shape index (κ3) is 68.5. The summed E-state index contributed by atoms with van der Waals surface area (Å²) in [5.41, 5.74) is 0. The molecule has 0 spiro atoms. The van der Waals surface area contributed by atoms with Gasteiger partial charge in [0.2, 0.25) is 0 Å². The van der Waals surface area contributed by atoms with Gasteiger partial charge in [0.15, 0.2) is 0 Å². The van der Waals surface area contributed by atoms with Crippen LogP contribution in [0.3, 0.4) is 0 Å². The average molecular weight is 109 g/mol. The Morgan fingerprint density at radius 2 is 1.25 bits per heavy atom. The Morgan fingerprint density at radius 1 is 1.25 bits per heavy atom. The molecule has 28 valence electrons. The van der Waals surface area contributed by atoms with Gasteiger partial charge in [-0.15, -0.1) is 0 Å². The van der Waals surface area contributed by atoms with Crippen LogP contribution < -0.4 is 6.15 Å². The molecule has 0 aliphatic rings. The quantitative estimate of drug-likeness (QED) is 0.268. The monoisotopic (exact) mass is 108 g/mol. The number of hydrogen-bond acceptors (Lipinski definition) is 1. The Hall–Kier alpha value is 0.219. The van der Waals surface area contributed by atoms with Crippen molar-refractivity contribution in [2.45, 2.75) is 0 Å². The van der Waals surface area contributed by atoms with Crippen molar-refractivity contribution in [2.24, 2.45) is 0 Å². The van der Waals surface area contributed by atoms with Crippen molar-refractivity contribution < 1.29 is 21.7 Å². The molecule has 0 saturated heterocycles. The third-order valence-corrected chi connectivity index (χ3v) is 0. The average Bonchev–Trinajstić information content (AvgIpc) is 1.00. The van der Waals surface area contributed by atoms with Gasteiger partial charge in [-0.1, -0.05) is 0 Å². The molecule has 0 rings (SSSR count). The zero-order valence-electron chi connectivity index (χ0n) is 1.92. The minimum atomic E-state index is 0. The molecule has 0 heterocycles. The fourth-order valence-electron chi connectivity index (χ4n) is 0. The van der Waals surface area contributed by atoms with Crippen LogP contribution in [0.2, 0.25) is 0 Å². The first-order chi connectivity index (χ1) is 1.00. The summed E-state index contributed by atoms with van der Waals surface area (Å²) >= 11 is 0.